The third kappa shape index (κ3) is 4.66. The Labute approximate surface area is 107 Å². The van der Waals surface area contributed by atoms with Gasteiger partial charge in [0.25, 0.3) is 0 Å². The molecular weight excluding hydrogens is 271 g/mol. The fourth-order valence-electron chi connectivity index (χ4n) is 1.21. The number of halogens is 4. The predicted octanol–water partition coefficient (Wildman–Crippen LogP) is 2.42. The van der Waals surface area contributed by atoms with Crippen LogP contribution in [0.2, 0.25) is 5.15 Å². The molecule has 0 saturated heterocycles. The fourth-order valence-corrected chi connectivity index (χ4v) is 1.41. The van der Waals surface area contributed by atoms with Gasteiger partial charge in [-0.3, -0.25) is 0 Å². The minimum Gasteiger partial charge on any atom is -0.382 e. The number of aliphatic hydroxyl groups is 1. The smallest absolute Gasteiger partial charge is 0.382 e. The van der Waals surface area contributed by atoms with E-state index in [1.54, 1.807) is 0 Å². The van der Waals surface area contributed by atoms with Crippen molar-refractivity contribution in [3.63, 3.8) is 0 Å². The molecule has 1 aromatic rings. The van der Waals surface area contributed by atoms with E-state index in [2.05, 4.69) is 15.3 Å². The number of nitrogens with zero attached hydrogens (tertiary/aromatic N) is 2. The van der Waals surface area contributed by atoms with Gasteiger partial charge in [0, 0.05) is 12.5 Å². The molecule has 1 rings (SSSR count). The lowest BCUT2D eigenvalue weighted by atomic mass is 10.3. The van der Waals surface area contributed by atoms with E-state index < -0.39 is 18.8 Å². The summed E-state index contributed by atoms with van der Waals surface area (Å²) in [6, 6.07) is 1.31. The van der Waals surface area contributed by atoms with Gasteiger partial charge >= 0.3 is 6.18 Å². The topological polar surface area (TPSA) is 58.0 Å². The first-order chi connectivity index (χ1) is 8.32. The zero-order chi connectivity index (χ0) is 13.8. The Morgan fingerprint density at radius 2 is 2.11 bits per heavy atom. The van der Waals surface area contributed by atoms with Crippen LogP contribution in [-0.4, -0.2) is 33.9 Å². The van der Waals surface area contributed by atoms with Crippen molar-refractivity contribution in [1.29, 1.82) is 0 Å². The number of aryl methyl sites for hydroxylation is 1. The van der Waals surface area contributed by atoms with E-state index in [4.69, 9.17) is 16.7 Å². The normalized spacial score (nSPS) is 13.4. The first-order valence-corrected chi connectivity index (χ1v) is 5.73. The zero-order valence-corrected chi connectivity index (χ0v) is 10.4. The van der Waals surface area contributed by atoms with Crippen LogP contribution in [-0.2, 0) is 6.42 Å². The largest absolute Gasteiger partial charge is 0.416 e. The van der Waals surface area contributed by atoms with Gasteiger partial charge in [0.15, 0.2) is 6.10 Å². The Morgan fingerprint density at radius 1 is 1.44 bits per heavy atom. The number of aromatic nitrogens is 2. The third-order valence-corrected chi connectivity index (χ3v) is 2.26. The van der Waals surface area contributed by atoms with Gasteiger partial charge in [0.05, 0.1) is 6.54 Å². The molecule has 0 fully saturated rings. The summed E-state index contributed by atoms with van der Waals surface area (Å²) >= 11 is 5.72. The van der Waals surface area contributed by atoms with Gasteiger partial charge in [-0.15, -0.1) is 0 Å². The Bertz CT molecular complexity index is 400. The standard InChI is InChI=1S/C10H13ClF3N3O/c1-2-3-8-16-7(11)4-9(17-8)15-5-6(18)10(12,13)14/h4,6,18H,2-3,5H2,1H3,(H,15,16,17). The Hall–Kier alpha value is -1.08. The first-order valence-electron chi connectivity index (χ1n) is 5.35. The molecule has 0 spiro atoms. The van der Waals surface area contributed by atoms with Gasteiger partial charge in [-0.25, -0.2) is 9.97 Å². The van der Waals surface area contributed by atoms with Crippen LogP contribution in [0.3, 0.4) is 0 Å². The molecule has 0 aromatic carbocycles. The SMILES string of the molecule is CCCc1nc(Cl)cc(NCC(O)C(F)(F)F)n1. The summed E-state index contributed by atoms with van der Waals surface area (Å²) in [5.74, 6) is 0.621. The Morgan fingerprint density at radius 3 is 2.67 bits per heavy atom. The number of hydrogen-bond acceptors (Lipinski definition) is 4. The van der Waals surface area contributed by atoms with E-state index in [1.807, 2.05) is 6.92 Å². The van der Waals surface area contributed by atoms with Gasteiger partial charge in [-0.1, -0.05) is 18.5 Å². The maximum atomic E-state index is 12.1. The molecule has 1 aromatic heterocycles. The van der Waals surface area contributed by atoms with Crippen molar-refractivity contribution in [1.82, 2.24) is 9.97 Å². The second-order valence-electron chi connectivity index (χ2n) is 3.68. The molecule has 0 aliphatic heterocycles. The van der Waals surface area contributed by atoms with Crippen molar-refractivity contribution in [2.24, 2.45) is 0 Å². The maximum Gasteiger partial charge on any atom is 0.416 e. The van der Waals surface area contributed by atoms with Crippen molar-refractivity contribution in [2.45, 2.75) is 32.0 Å². The molecule has 18 heavy (non-hydrogen) atoms. The van der Waals surface area contributed by atoms with Gasteiger partial charge < -0.3 is 10.4 Å². The van der Waals surface area contributed by atoms with Crippen LogP contribution in [0.1, 0.15) is 19.2 Å². The lowest BCUT2D eigenvalue weighted by molar-refractivity contribution is -0.198. The molecule has 1 atom stereocenters. The average molecular weight is 284 g/mol. The summed E-state index contributed by atoms with van der Waals surface area (Å²) in [5, 5.41) is 11.4. The van der Waals surface area contributed by atoms with Crippen molar-refractivity contribution < 1.29 is 18.3 Å². The van der Waals surface area contributed by atoms with Gasteiger partial charge in [-0.2, -0.15) is 13.2 Å². The number of anilines is 1. The van der Waals surface area contributed by atoms with Crippen molar-refractivity contribution in [3.05, 3.63) is 17.0 Å². The zero-order valence-electron chi connectivity index (χ0n) is 9.63. The highest BCUT2D eigenvalue weighted by atomic mass is 35.5. The van der Waals surface area contributed by atoms with E-state index in [0.717, 1.165) is 6.42 Å². The number of nitrogens with one attached hydrogen (secondary N) is 1. The second kappa shape index (κ2) is 6.19. The molecule has 0 radical (unpaired) electrons. The monoisotopic (exact) mass is 283 g/mol. The van der Waals surface area contributed by atoms with Crippen LogP contribution in [0.15, 0.2) is 6.07 Å². The minimum atomic E-state index is -4.66. The quantitative estimate of drug-likeness (QED) is 0.815. The summed E-state index contributed by atoms with van der Waals surface area (Å²) in [6.45, 7) is 1.24. The summed E-state index contributed by atoms with van der Waals surface area (Å²) in [6.07, 6.45) is -5.72. The van der Waals surface area contributed by atoms with Crippen molar-refractivity contribution in [2.75, 3.05) is 11.9 Å². The molecule has 1 unspecified atom stereocenters. The highest BCUT2D eigenvalue weighted by Crippen LogP contribution is 2.20. The molecule has 0 amide bonds. The molecule has 8 heteroatoms. The van der Waals surface area contributed by atoms with E-state index in [1.165, 1.54) is 6.07 Å². The Balaban J connectivity index is 2.67. The molecule has 1 heterocycles. The first kappa shape index (κ1) is 15.0. The number of alkyl halides is 3. The summed E-state index contributed by atoms with van der Waals surface area (Å²) in [7, 11) is 0. The van der Waals surface area contributed by atoms with Crippen LogP contribution in [0, 0.1) is 0 Å². The van der Waals surface area contributed by atoms with E-state index in [-0.39, 0.29) is 11.0 Å². The summed E-state index contributed by atoms with van der Waals surface area (Å²) < 4.78 is 36.2. The molecule has 0 aliphatic carbocycles. The summed E-state index contributed by atoms with van der Waals surface area (Å²) in [4.78, 5) is 7.92. The number of hydrogen-bond donors (Lipinski definition) is 2. The van der Waals surface area contributed by atoms with Crippen LogP contribution in [0.25, 0.3) is 0 Å². The van der Waals surface area contributed by atoms with Crippen molar-refractivity contribution in [3.8, 4) is 0 Å². The molecule has 0 aliphatic rings. The summed E-state index contributed by atoms with van der Waals surface area (Å²) in [5.41, 5.74) is 0. The highest BCUT2D eigenvalue weighted by molar-refractivity contribution is 6.29. The van der Waals surface area contributed by atoms with Gasteiger partial charge in [-0.05, 0) is 6.42 Å². The minimum absolute atomic E-state index is 0.150. The molecule has 2 N–H and O–H groups in total. The number of rotatable bonds is 5. The van der Waals surface area contributed by atoms with E-state index >= 15 is 0 Å². The lowest BCUT2D eigenvalue weighted by Crippen LogP contribution is -2.35. The predicted molar refractivity (Wildman–Crippen MR) is 61.6 cm³/mol. The highest BCUT2D eigenvalue weighted by Gasteiger charge is 2.37. The van der Waals surface area contributed by atoms with Gasteiger partial charge in [0.1, 0.15) is 16.8 Å². The fraction of sp³-hybridized carbons (Fsp3) is 0.600. The van der Waals surface area contributed by atoms with Crippen LogP contribution in [0.5, 0.6) is 0 Å². The molecule has 102 valence electrons. The Kier molecular flexibility index (Phi) is 5.15. The number of aliphatic hydroxyl groups excluding tert-OH is 1. The molecule has 4 nitrogen and oxygen atoms in total. The van der Waals surface area contributed by atoms with Crippen molar-refractivity contribution >= 4 is 17.4 Å². The lowest BCUT2D eigenvalue weighted by Gasteiger charge is -2.15. The van der Waals surface area contributed by atoms with E-state index in [9.17, 15) is 13.2 Å². The third-order valence-electron chi connectivity index (χ3n) is 2.07. The maximum absolute atomic E-state index is 12.1. The second-order valence-corrected chi connectivity index (χ2v) is 4.07. The van der Waals surface area contributed by atoms with Crippen LogP contribution < -0.4 is 5.32 Å². The van der Waals surface area contributed by atoms with E-state index in [0.29, 0.717) is 12.2 Å². The average Bonchev–Trinajstić information content (AvgIpc) is 2.24. The van der Waals surface area contributed by atoms with Crippen LogP contribution >= 0.6 is 11.6 Å². The van der Waals surface area contributed by atoms with Crippen LogP contribution in [0.4, 0.5) is 19.0 Å². The molecule has 0 bridgehead atoms. The molecule has 0 saturated carbocycles. The molecular formula is C10H13ClF3N3O. The van der Waals surface area contributed by atoms with Gasteiger partial charge in [0.2, 0.25) is 0 Å².